The zero-order valence-electron chi connectivity index (χ0n) is 11.3. The summed E-state index contributed by atoms with van der Waals surface area (Å²) in [5, 5.41) is 10.6. The maximum atomic E-state index is 11.6. The van der Waals surface area contributed by atoms with Crippen LogP contribution in [0.1, 0.15) is 13.8 Å². The van der Waals surface area contributed by atoms with E-state index in [1.807, 2.05) is 19.9 Å². The normalized spacial score (nSPS) is 22.4. The molecule has 20 heavy (non-hydrogen) atoms. The van der Waals surface area contributed by atoms with Crippen molar-refractivity contribution in [2.24, 2.45) is 0 Å². The lowest BCUT2D eigenvalue weighted by molar-refractivity contribution is -0.0736. The molecule has 0 bridgehead atoms. The number of aromatic amines is 1. The molecule has 1 unspecified atom stereocenters. The van der Waals surface area contributed by atoms with E-state index in [9.17, 15) is 4.79 Å². The molecule has 3 rings (SSSR count). The highest BCUT2D eigenvalue weighted by Gasteiger charge is 2.33. The van der Waals surface area contributed by atoms with Crippen LogP contribution in [0.2, 0.25) is 0 Å². The van der Waals surface area contributed by atoms with Crippen LogP contribution < -0.4 is 10.6 Å². The van der Waals surface area contributed by atoms with Crippen LogP contribution in [0.15, 0.2) is 16.9 Å². The summed E-state index contributed by atoms with van der Waals surface area (Å²) < 4.78 is 7.14. The van der Waals surface area contributed by atoms with Gasteiger partial charge in [0.25, 0.3) is 0 Å². The van der Waals surface area contributed by atoms with E-state index in [0.29, 0.717) is 30.4 Å². The standard InChI is InChI=1S/C12H16ClN5O2/c1-12(2)7-17(6-8(5-13)20-12)10-4-3-9-14-15-11(19)18(9)16-10/h3-4,8H,5-7H2,1-2H3,(H,15,19). The molecular weight excluding hydrogens is 282 g/mol. The summed E-state index contributed by atoms with van der Waals surface area (Å²) in [4.78, 5) is 13.7. The van der Waals surface area contributed by atoms with Crippen molar-refractivity contribution in [2.75, 3.05) is 23.9 Å². The molecule has 0 saturated carbocycles. The van der Waals surface area contributed by atoms with Gasteiger partial charge >= 0.3 is 5.69 Å². The zero-order chi connectivity index (χ0) is 14.3. The number of hydrogen-bond donors (Lipinski definition) is 1. The molecular formula is C12H16ClN5O2. The van der Waals surface area contributed by atoms with Crippen LogP contribution in [-0.2, 0) is 4.74 Å². The van der Waals surface area contributed by atoms with Gasteiger partial charge < -0.3 is 9.64 Å². The molecule has 7 nitrogen and oxygen atoms in total. The van der Waals surface area contributed by atoms with Gasteiger partial charge in [0, 0.05) is 13.1 Å². The second-order valence-electron chi connectivity index (χ2n) is 5.52. The molecule has 1 saturated heterocycles. The van der Waals surface area contributed by atoms with Gasteiger partial charge in [-0.15, -0.1) is 16.7 Å². The number of ether oxygens (including phenoxy) is 1. The molecule has 0 aliphatic carbocycles. The van der Waals surface area contributed by atoms with Crippen LogP contribution in [0.4, 0.5) is 5.82 Å². The number of halogens is 1. The number of alkyl halides is 1. The van der Waals surface area contributed by atoms with E-state index >= 15 is 0 Å². The predicted octanol–water partition coefficient (Wildman–Crippen LogP) is 0.640. The average molecular weight is 298 g/mol. The molecule has 1 fully saturated rings. The van der Waals surface area contributed by atoms with Crippen LogP contribution in [-0.4, -0.2) is 50.5 Å². The Hall–Kier alpha value is -1.60. The van der Waals surface area contributed by atoms with E-state index in [-0.39, 0.29) is 17.4 Å². The van der Waals surface area contributed by atoms with E-state index in [2.05, 4.69) is 20.2 Å². The van der Waals surface area contributed by atoms with Gasteiger partial charge in [0.15, 0.2) is 5.65 Å². The zero-order valence-corrected chi connectivity index (χ0v) is 12.1. The van der Waals surface area contributed by atoms with E-state index in [0.717, 1.165) is 0 Å². The Morgan fingerprint density at radius 1 is 1.55 bits per heavy atom. The van der Waals surface area contributed by atoms with E-state index < -0.39 is 0 Å². The Kier molecular flexibility index (Phi) is 3.18. The lowest BCUT2D eigenvalue weighted by atomic mass is 10.1. The quantitative estimate of drug-likeness (QED) is 0.823. The van der Waals surface area contributed by atoms with Gasteiger partial charge in [-0.25, -0.2) is 9.89 Å². The summed E-state index contributed by atoms with van der Waals surface area (Å²) in [5.41, 5.74) is -0.154. The van der Waals surface area contributed by atoms with Crippen molar-refractivity contribution in [1.29, 1.82) is 0 Å². The Morgan fingerprint density at radius 3 is 3.10 bits per heavy atom. The largest absolute Gasteiger partial charge is 0.367 e. The number of hydrogen-bond acceptors (Lipinski definition) is 5. The third-order valence-electron chi connectivity index (χ3n) is 3.24. The van der Waals surface area contributed by atoms with Gasteiger partial charge in [-0.05, 0) is 26.0 Å². The first-order valence-corrected chi connectivity index (χ1v) is 6.95. The van der Waals surface area contributed by atoms with Crippen LogP contribution in [0.25, 0.3) is 5.65 Å². The lowest BCUT2D eigenvalue weighted by Gasteiger charge is -2.42. The van der Waals surface area contributed by atoms with Crippen molar-refractivity contribution in [1.82, 2.24) is 19.8 Å². The molecule has 1 aliphatic heterocycles. The number of nitrogens with one attached hydrogen (secondary N) is 1. The highest BCUT2D eigenvalue weighted by atomic mass is 35.5. The van der Waals surface area contributed by atoms with Gasteiger partial charge in [-0.2, -0.15) is 9.61 Å². The summed E-state index contributed by atoms with van der Waals surface area (Å²) in [7, 11) is 0. The number of rotatable bonds is 2. The summed E-state index contributed by atoms with van der Waals surface area (Å²) in [6, 6.07) is 3.61. The van der Waals surface area contributed by atoms with Crippen LogP contribution in [0, 0.1) is 0 Å². The van der Waals surface area contributed by atoms with Crippen LogP contribution in [0.5, 0.6) is 0 Å². The Labute approximate surface area is 120 Å². The third kappa shape index (κ3) is 2.38. The molecule has 0 aromatic carbocycles. The first-order valence-electron chi connectivity index (χ1n) is 6.42. The molecule has 3 heterocycles. The molecule has 1 atom stereocenters. The number of morpholine rings is 1. The SMILES string of the molecule is CC1(C)CN(c2ccc3n[nH]c(=O)n3n2)CC(CCl)O1. The number of H-pyrrole nitrogens is 1. The fourth-order valence-corrected chi connectivity index (χ4v) is 2.67. The second-order valence-corrected chi connectivity index (χ2v) is 5.83. The van der Waals surface area contributed by atoms with Crippen LogP contribution >= 0.6 is 11.6 Å². The smallest absolute Gasteiger partial charge is 0.364 e. The fourth-order valence-electron chi connectivity index (χ4n) is 2.51. The summed E-state index contributed by atoms with van der Waals surface area (Å²) in [6.07, 6.45) is -0.0565. The summed E-state index contributed by atoms with van der Waals surface area (Å²) in [6.45, 7) is 5.37. The topological polar surface area (TPSA) is 75.5 Å². The first kappa shape index (κ1) is 13.4. The van der Waals surface area contributed by atoms with Crippen molar-refractivity contribution in [3.8, 4) is 0 Å². The van der Waals surface area contributed by atoms with Gasteiger partial charge in [-0.3, -0.25) is 0 Å². The molecule has 0 spiro atoms. The number of aromatic nitrogens is 4. The van der Waals surface area contributed by atoms with E-state index in [1.54, 1.807) is 6.07 Å². The monoisotopic (exact) mass is 297 g/mol. The maximum Gasteiger partial charge on any atom is 0.364 e. The number of anilines is 1. The molecule has 1 N–H and O–H groups in total. The van der Waals surface area contributed by atoms with Crippen LogP contribution in [0.3, 0.4) is 0 Å². The Morgan fingerprint density at radius 2 is 2.35 bits per heavy atom. The van der Waals surface area contributed by atoms with Gasteiger partial charge in [0.05, 0.1) is 17.6 Å². The molecule has 1 aliphatic rings. The predicted molar refractivity (Wildman–Crippen MR) is 75.5 cm³/mol. The molecule has 2 aromatic heterocycles. The maximum absolute atomic E-state index is 11.6. The number of fused-ring (bicyclic) bond motifs is 1. The molecule has 108 valence electrons. The Balaban J connectivity index is 1.96. The molecule has 2 aromatic rings. The van der Waals surface area contributed by atoms with Crippen molar-refractivity contribution in [3.63, 3.8) is 0 Å². The van der Waals surface area contributed by atoms with Crippen molar-refractivity contribution in [2.45, 2.75) is 25.6 Å². The average Bonchev–Trinajstić information content (AvgIpc) is 2.78. The van der Waals surface area contributed by atoms with Crippen molar-refractivity contribution in [3.05, 3.63) is 22.6 Å². The molecule has 8 heteroatoms. The first-order chi connectivity index (χ1) is 9.48. The van der Waals surface area contributed by atoms with Gasteiger partial charge in [-0.1, -0.05) is 0 Å². The van der Waals surface area contributed by atoms with E-state index in [4.69, 9.17) is 16.3 Å². The van der Waals surface area contributed by atoms with Gasteiger partial charge in [0.1, 0.15) is 5.82 Å². The second kappa shape index (κ2) is 4.75. The minimum atomic E-state index is -0.344. The Bertz CT molecular complexity index is 680. The van der Waals surface area contributed by atoms with Crippen molar-refractivity contribution < 1.29 is 4.74 Å². The highest BCUT2D eigenvalue weighted by Crippen LogP contribution is 2.25. The van der Waals surface area contributed by atoms with Crippen molar-refractivity contribution >= 4 is 23.1 Å². The minimum Gasteiger partial charge on any atom is -0.367 e. The fraction of sp³-hybridized carbons (Fsp3) is 0.583. The van der Waals surface area contributed by atoms with E-state index in [1.165, 1.54) is 4.52 Å². The number of nitrogens with zero attached hydrogens (tertiary/aromatic N) is 4. The summed E-state index contributed by atoms with van der Waals surface area (Å²) >= 11 is 5.92. The highest BCUT2D eigenvalue weighted by molar-refractivity contribution is 6.18. The molecule has 0 radical (unpaired) electrons. The third-order valence-corrected chi connectivity index (χ3v) is 3.58. The molecule has 0 amide bonds. The van der Waals surface area contributed by atoms with Gasteiger partial charge in [0.2, 0.25) is 0 Å². The lowest BCUT2D eigenvalue weighted by Crippen LogP contribution is -2.53. The summed E-state index contributed by atoms with van der Waals surface area (Å²) in [5.74, 6) is 1.14. The minimum absolute atomic E-state index is 0.0565.